The van der Waals surface area contributed by atoms with Gasteiger partial charge in [0, 0.05) is 11.8 Å². The molecule has 7 heteroatoms. The van der Waals surface area contributed by atoms with Crippen LogP contribution < -0.4 is 11.1 Å². The van der Waals surface area contributed by atoms with Gasteiger partial charge in [-0.25, -0.2) is 0 Å². The van der Waals surface area contributed by atoms with Gasteiger partial charge in [0.1, 0.15) is 11.3 Å². The number of amides is 2. The second-order valence-electron chi connectivity index (χ2n) is 5.08. The molecular weight excluding hydrogens is 308 g/mol. The summed E-state index contributed by atoms with van der Waals surface area (Å²) in [7, 11) is 0. The Kier molecular flexibility index (Phi) is 4.07. The molecule has 120 valence electrons. The number of hydrogen-bond donors (Lipinski definition) is 2. The second kappa shape index (κ2) is 6.33. The van der Waals surface area contributed by atoms with Gasteiger partial charge in [0.2, 0.25) is 5.88 Å². The highest BCUT2D eigenvalue weighted by molar-refractivity contribution is 6.10. The zero-order valence-corrected chi connectivity index (χ0v) is 12.8. The van der Waals surface area contributed by atoms with Crippen LogP contribution in [0.5, 0.6) is 0 Å². The molecule has 0 radical (unpaired) electrons. The van der Waals surface area contributed by atoms with Crippen molar-refractivity contribution in [3.8, 4) is 11.4 Å². The lowest BCUT2D eigenvalue weighted by Gasteiger charge is -2.05. The lowest BCUT2D eigenvalue weighted by Crippen LogP contribution is -2.18. The Bertz CT molecular complexity index is 903. The van der Waals surface area contributed by atoms with Gasteiger partial charge in [-0.2, -0.15) is 0 Å². The normalized spacial score (nSPS) is 10.4. The van der Waals surface area contributed by atoms with Crippen molar-refractivity contribution in [2.24, 2.45) is 5.73 Å². The molecule has 0 saturated carbocycles. The van der Waals surface area contributed by atoms with Gasteiger partial charge in [-0.05, 0) is 30.7 Å². The number of benzene rings is 1. The van der Waals surface area contributed by atoms with E-state index >= 15 is 0 Å². The largest absolute Gasteiger partial charge is 0.365 e. The Morgan fingerprint density at radius 2 is 1.88 bits per heavy atom. The first kappa shape index (κ1) is 15.4. The molecule has 3 N–H and O–H groups in total. The van der Waals surface area contributed by atoms with E-state index in [9.17, 15) is 9.59 Å². The standard InChI is InChI=1S/C17H14N4O3/c1-10-6-2-3-7-11(10)16(23)20-17-13(15(18)22)14(21-24-17)12-8-4-5-9-19-12/h2-9H,1H3,(H2,18,22)(H,20,23). The first-order valence-electron chi connectivity index (χ1n) is 7.16. The molecule has 2 heterocycles. The fourth-order valence-electron chi connectivity index (χ4n) is 2.28. The van der Waals surface area contributed by atoms with Gasteiger partial charge in [-0.3, -0.25) is 19.9 Å². The van der Waals surface area contributed by atoms with Crippen molar-refractivity contribution in [3.05, 3.63) is 65.4 Å². The Hall–Kier alpha value is -3.48. The fourth-order valence-corrected chi connectivity index (χ4v) is 2.28. The van der Waals surface area contributed by atoms with E-state index in [4.69, 9.17) is 10.3 Å². The van der Waals surface area contributed by atoms with Crippen LogP contribution in [0.4, 0.5) is 5.88 Å². The Morgan fingerprint density at radius 1 is 1.12 bits per heavy atom. The first-order valence-corrected chi connectivity index (χ1v) is 7.16. The Labute approximate surface area is 137 Å². The monoisotopic (exact) mass is 322 g/mol. The highest BCUT2D eigenvalue weighted by Crippen LogP contribution is 2.27. The number of primary amides is 1. The van der Waals surface area contributed by atoms with Crippen LogP contribution in [0.15, 0.2) is 53.2 Å². The number of nitrogens with zero attached hydrogens (tertiary/aromatic N) is 2. The van der Waals surface area contributed by atoms with Crippen LogP contribution >= 0.6 is 0 Å². The summed E-state index contributed by atoms with van der Waals surface area (Å²) < 4.78 is 5.12. The number of pyridine rings is 1. The summed E-state index contributed by atoms with van der Waals surface area (Å²) >= 11 is 0. The van der Waals surface area contributed by atoms with E-state index in [1.54, 1.807) is 36.5 Å². The van der Waals surface area contributed by atoms with Crippen LogP contribution in [0.3, 0.4) is 0 Å². The third-order valence-electron chi connectivity index (χ3n) is 3.46. The quantitative estimate of drug-likeness (QED) is 0.766. The minimum Gasteiger partial charge on any atom is -0.365 e. The van der Waals surface area contributed by atoms with Crippen LogP contribution in [0.25, 0.3) is 11.4 Å². The molecule has 3 rings (SSSR count). The van der Waals surface area contributed by atoms with Crippen molar-refractivity contribution in [2.75, 3.05) is 5.32 Å². The number of rotatable bonds is 4. The summed E-state index contributed by atoms with van der Waals surface area (Å²) in [4.78, 5) is 28.3. The summed E-state index contributed by atoms with van der Waals surface area (Å²) in [6.07, 6.45) is 1.56. The van der Waals surface area contributed by atoms with Crippen molar-refractivity contribution in [1.29, 1.82) is 0 Å². The smallest absolute Gasteiger partial charge is 0.258 e. The number of carbonyl (C=O) groups is 2. The average molecular weight is 322 g/mol. The van der Waals surface area contributed by atoms with E-state index in [-0.39, 0.29) is 17.1 Å². The molecular formula is C17H14N4O3. The Balaban J connectivity index is 1.98. The van der Waals surface area contributed by atoms with Gasteiger partial charge < -0.3 is 10.3 Å². The molecule has 2 amide bonds. The number of carbonyl (C=O) groups excluding carboxylic acids is 2. The van der Waals surface area contributed by atoms with Gasteiger partial charge in [-0.15, -0.1) is 0 Å². The molecule has 0 aliphatic rings. The highest BCUT2D eigenvalue weighted by atomic mass is 16.5. The van der Waals surface area contributed by atoms with Gasteiger partial charge in [0.25, 0.3) is 11.8 Å². The number of anilines is 1. The summed E-state index contributed by atoms with van der Waals surface area (Å²) in [5.41, 5.74) is 7.27. The number of hydrogen-bond acceptors (Lipinski definition) is 5. The lowest BCUT2D eigenvalue weighted by atomic mass is 10.1. The van der Waals surface area contributed by atoms with Crippen molar-refractivity contribution >= 4 is 17.7 Å². The van der Waals surface area contributed by atoms with Crippen LogP contribution in [-0.2, 0) is 0 Å². The third kappa shape index (κ3) is 2.87. The van der Waals surface area contributed by atoms with Crippen LogP contribution in [0.2, 0.25) is 0 Å². The highest BCUT2D eigenvalue weighted by Gasteiger charge is 2.24. The van der Waals surface area contributed by atoms with Crippen LogP contribution in [0.1, 0.15) is 26.3 Å². The summed E-state index contributed by atoms with van der Waals surface area (Å²) in [5.74, 6) is -1.28. The topological polar surface area (TPSA) is 111 Å². The molecule has 1 aromatic carbocycles. The molecule has 0 aliphatic heterocycles. The Morgan fingerprint density at radius 3 is 2.54 bits per heavy atom. The molecule has 7 nitrogen and oxygen atoms in total. The maximum absolute atomic E-state index is 12.4. The second-order valence-corrected chi connectivity index (χ2v) is 5.08. The van der Waals surface area contributed by atoms with Gasteiger partial charge in [-0.1, -0.05) is 29.4 Å². The predicted octanol–water partition coefficient (Wildman–Crippen LogP) is 2.40. The summed E-state index contributed by atoms with van der Waals surface area (Å²) in [6.45, 7) is 1.81. The molecule has 24 heavy (non-hydrogen) atoms. The van der Waals surface area contributed by atoms with Crippen molar-refractivity contribution in [1.82, 2.24) is 10.1 Å². The van der Waals surface area contributed by atoms with Crippen LogP contribution in [-0.4, -0.2) is 22.0 Å². The molecule has 0 bridgehead atoms. The number of nitrogens with two attached hydrogens (primary N) is 1. The molecule has 0 spiro atoms. The van der Waals surface area contributed by atoms with Crippen LogP contribution in [0, 0.1) is 6.92 Å². The van der Waals surface area contributed by atoms with E-state index in [1.807, 2.05) is 19.1 Å². The number of nitrogens with one attached hydrogen (secondary N) is 1. The molecule has 0 saturated heterocycles. The molecule has 0 fully saturated rings. The van der Waals surface area contributed by atoms with Crippen molar-refractivity contribution < 1.29 is 14.1 Å². The molecule has 0 aliphatic carbocycles. The first-order chi connectivity index (χ1) is 11.6. The zero-order chi connectivity index (χ0) is 17.1. The maximum Gasteiger partial charge on any atom is 0.258 e. The van der Waals surface area contributed by atoms with Crippen molar-refractivity contribution in [3.63, 3.8) is 0 Å². The minimum absolute atomic E-state index is 0.0179. The van der Waals surface area contributed by atoms with E-state index < -0.39 is 11.8 Å². The predicted molar refractivity (Wildman–Crippen MR) is 87.4 cm³/mol. The third-order valence-corrected chi connectivity index (χ3v) is 3.46. The van der Waals surface area contributed by atoms with Gasteiger partial charge in [0.05, 0.1) is 5.69 Å². The summed E-state index contributed by atoms with van der Waals surface area (Å²) in [6, 6.07) is 12.2. The van der Waals surface area contributed by atoms with Crippen molar-refractivity contribution in [2.45, 2.75) is 6.92 Å². The summed E-state index contributed by atoms with van der Waals surface area (Å²) in [5, 5.41) is 6.37. The van der Waals surface area contributed by atoms with E-state index in [0.717, 1.165) is 5.56 Å². The number of aromatic nitrogens is 2. The van der Waals surface area contributed by atoms with Gasteiger partial charge in [0.15, 0.2) is 0 Å². The molecule has 3 aromatic rings. The maximum atomic E-state index is 12.4. The average Bonchev–Trinajstić information content (AvgIpc) is 2.99. The van der Waals surface area contributed by atoms with E-state index in [0.29, 0.717) is 11.3 Å². The number of aryl methyl sites for hydroxylation is 1. The fraction of sp³-hybridized carbons (Fsp3) is 0.0588. The van der Waals surface area contributed by atoms with E-state index in [1.165, 1.54) is 0 Å². The molecule has 0 atom stereocenters. The van der Waals surface area contributed by atoms with E-state index in [2.05, 4.69) is 15.5 Å². The zero-order valence-electron chi connectivity index (χ0n) is 12.8. The lowest BCUT2D eigenvalue weighted by molar-refractivity contribution is 0.100. The SMILES string of the molecule is Cc1ccccc1C(=O)Nc1onc(-c2ccccn2)c1C(N)=O. The molecule has 0 unspecified atom stereocenters. The molecule has 2 aromatic heterocycles. The minimum atomic E-state index is -0.767. The van der Waals surface area contributed by atoms with Gasteiger partial charge >= 0.3 is 0 Å².